The first-order valence-electron chi connectivity index (χ1n) is 5.51. The molecule has 0 radical (unpaired) electrons. The van der Waals surface area contributed by atoms with Gasteiger partial charge in [0, 0.05) is 6.04 Å². The van der Waals surface area contributed by atoms with Gasteiger partial charge in [0.1, 0.15) is 5.82 Å². The van der Waals surface area contributed by atoms with Crippen molar-refractivity contribution in [1.82, 2.24) is 4.98 Å². The largest absolute Gasteiger partial charge is 0.368 e. The van der Waals surface area contributed by atoms with E-state index in [1.54, 1.807) is 12.1 Å². The number of nitrogens with zero attached hydrogens (tertiary/aromatic N) is 1. The zero-order chi connectivity index (χ0) is 11.3. The van der Waals surface area contributed by atoms with E-state index in [1.165, 1.54) is 12.5 Å². The van der Waals surface area contributed by atoms with Crippen molar-refractivity contribution in [2.75, 3.05) is 5.32 Å². The zero-order valence-corrected chi connectivity index (χ0v) is 9.63. The van der Waals surface area contributed by atoms with Crippen LogP contribution in [0.5, 0.6) is 0 Å². The highest BCUT2D eigenvalue weighted by molar-refractivity contribution is 5.34. The Bertz CT molecular complexity index is 301. The predicted molar refractivity (Wildman–Crippen MR) is 61.4 cm³/mol. The van der Waals surface area contributed by atoms with E-state index in [0.717, 1.165) is 6.42 Å². The molecule has 0 saturated heterocycles. The lowest BCUT2D eigenvalue weighted by Gasteiger charge is -2.17. The summed E-state index contributed by atoms with van der Waals surface area (Å²) in [4.78, 5) is 3.77. The van der Waals surface area contributed by atoms with Crippen LogP contribution in [0.2, 0.25) is 0 Å². The van der Waals surface area contributed by atoms with Gasteiger partial charge in [0.25, 0.3) is 0 Å². The third kappa shape index (κ3) is 4.28. The zero-order valence-electron chi connectivity index (χ0n) is 9.63. The number of pyridine rings is 1. The molecule has 0 aliphatic rings. The highest BCUT2D eigenvalue weighted by Gasteiger charge is 2.07. The molecule has 1 aromatic heterocycles. The summed E-state index contributed by atoms with van der Waals surface area (Å²) in [5.41, 5.74) is 0. The molecule has 84 valence electrons. The highest BCUT2D eigenvalue weighted by atomic mass is 19.1. The van der Waals surface area contributed by atoms with E-state index >= 15 is 0 Å². The molecule has 0 saturated carbocycles. The Morgan fingerprint density at radius 1 is 1.40 bits per heavy atom. The van der Waals surface area contributed by atoms with Crippen molar-refractivity contribution in [2.45, 2.75) is 39.7 Å². The molecule has 1 heterocycles. The Balaban J connectivity index is 2.47. The summed E-state index contributed by atoms with van der Waals surface area (Å²) in [6.07, 6.45) is 2.25. The summed E-state index contributed by atoms with van der Waals surface area (Å²) in [6, 6.07) is 5.13. The summed E-state index contributed by atoms with van der Waals surface area (Å²) in [7, 11) is 0. The van der Waals surface area contributed by atoms with Crippen LogP contribution in [0.3, 0.4) is 0 Å². The maximum atomic E-state index is 12.8. The number of hydrogen-bond acceptors (Lipinski definition) is 2. The predicted octanol–water partition coefficient (Wildman–Crippen LogP) is 3.46. The molecular weight excluding hydrogens is 191 g/mol. The van der Waals surface area contributed by atoms with Gasteiger partial charge < -0.3 is 5.32 Å². The third-order valence-electron chi connectivity index (χ3n) is 2.56. The number of nitrogens with one attached hydrogen (secondary N) is 1. The van der Waals surface area contributed by atoms with E-state index in [4.69, 9.17) is 0 Å². The van der Waals surface area contributed by atoms with Crippen molar-refractivity contribution >= 4 is 5.82 Å². The fourth-order valence-electron chi connectivity index (χ4n) is 1.57. The normalized spacial score (nSPS) is 14.7. The average Bonchev–Trinajstić information content (AvgIpc) is 2.17. The van der Waals surface area contributed by atoms with Crippen LogP contribution in [0.1, 0.15) is 33.6 Å². The molecule has 0 amide bonds. The summed E-state index contributed by atoms with van der Waals surface area (Å²) < 4.78 is 12.8. The van der Waals surface area contributed by atoms with Crippen LogP contribution in [-0.4, -0.2) is 11.0 Å². The first-order valence-corrected chi connectivity index (χ1v) is 5.51. The van der Waals surface area contributed by atoms with Crippen LogP contribution in [0.25, 0.3) is 0 Å². The molecule has 0 bridgehead atoms. The smallest absolute Gasteiger partial charge is 0.214 e. The molecule has 1 aromatic rings. The highest BCUT2D eigenvalue weighted by Crippen LogP contribution is 2.13. The molecule has 0 fully saturated rings. The molecule has 2 unspecified atom stereocenters. The van der Waals surface area contributed by atoms with Gasteiger partial charge in [-0.25, -0.2) is 4.98 Å². The average molecular weight is 210 g/mol. The third-order valence-corrected chi connectivity index (χ3v) is 2.56. The van der Waals surface area contributed by atoms with Gasteiger partial charge in [0.05, 0.1) is 0 Å². The minimum absolute atomic E-state index is 0.328. The second-order valence-corrected chi connectivity index (χ2v) is 4.14. The number of rotatable bonds is 5. The van der Waals surface area contributed by atoms with Crippen molar-refractivity contribution < 1.29 is 4.39 Å². The molecule has 0 aromatic carbocycles. The molecule has 1 N–H and O–H groups in total. The van der Waals surface area contributed by atoms with Crippen LogP contribution < -0.4 is 5.32 Å². The monoisotopic (exact) mass is 210 g/mol. The Morgan fingerprint density at radius 2 is 2.13 bits per heavy atom. The Hall–Kier alpha value is -1.12. The van der Waals surface area contributed by atoms with E-state index in [1.807, 2.05) is 0 Å². The summed E-state index contributed by atoms with van der Waals surface area (Å²) >= 11 is 0. The molecule has 0 aliphatic carbocycles. The number of aromatic nitrogens is 1. The van der Waals surface area contributed by atoms with Crippen LogP contribution in [0, 0.1) is 11.9 Å². The standard InChI is InChI=1S/C12H19FN2/c1-4-9(2)8-10(3)14-12-7-5-6-11(13)15-12/h5-7,9-10H,4,8H2,1-3H3,(H,14,15). The molecular formula is C12H19FN2. The SMILES string of the molecule is CCC(C)CC(C)Nc1cccc(F)n1. The van der Waals surface area contributed by atoms with Gasteiger partial charge in [-0.1, -0.05) is 26.3 Å². The van der Waals surface area contributed by atoms with E-state index in [-0.39, 0.29) is 0 Å². The van der Waals surface area contributed by atoms with E-state index in [0.29, 0.717) is 17.8 Å². The molecule has 3 heteroatoms. The lowest BCUT2D eigenvalue weighted by atomic mass is 10.0. The second-order valence-electron chi connectivity index (χ2n) is 4.14. The van der Waals surface area contributed by atoms with Gasteiger partial charge in [-0.15, -0.1) is 0 Å². The Kier molecular flexibility index (Phi) is 4.53. The lowest BCUT2D eigenvalue weighted by Crippen LogP contribution is -2.19. The van der Waals surface area contributed by atoms with Gasteiger partial charge in [0.15, 0.2) is 0 Å². The van der Waals surface area contributed by atoms with Crippen molar-refractivity contribution in [1.29, 1.82) is 0 Å². The molecule has 15 heavy (non-hydrogen) atoms. The molecule has 2 nitrogen and oxygen atoms in total. The molecule has 1 rings (SSSR count). The van der Waals surface area contributed by atoms with Crippen LogP contribution in [0.4, 0.5) is 10.2 Å². The van der Waals surface area contributed by atoms with Crippen molar-refractivity contribution in [2.24, 2.45) is 5.92 Å². The van der Waals surface area contributed by atoms with Gasteiger partial charge in [0.2, 0.25) is 5.95 Å². The lowest BCUT2D eigenvalue weighted by molar-refractivity contribution is 0.482. The number of halogens is 1. The van der Waals surface area contributed by atoms with E-state index in [9.17, 15) is 4.39 Å². The van der Waals surface area contributed by atoms with Gasteiger partial charge in [-0.05, 0) is 31.4 Å². The Labute approximate surface area is 90.9 Å². The van der Waals surface area contributed by atoms with Gasteiger partial charge >= 0.3 is 0 Å². The quantitative estimate of drug-likeness (QED) is 0.753. The summed E-state index contributed by atoms with van der Waals surface area (Å²) in [6.45, 7) is 6.49. The van der Waals surface area contributed by atoms with Crippen LogP contribution in [-0.2, 0) is 0 Å². The molecule has 0 aliphatic heterocycles. The minimum Gasteiger partial charge on any atom is -0.368 e. The second kappa shape index (κ2) is 5.69. The van der Waals surface area contributed by atoms with Crippen molar-refractivity contribution in [3.63, 3.8) is 0 Å². The maximum Gasteiger partial charge on any atom is 0.214 e. The van der Waals surface area contributed by atoms with Crippen molar-refractivity contribution in [3.05, 3.63) is 24.1 Å². The van der Waals surface area contributed by atoms with Crippen molar-refractivity contribution in [3.8, 4) is 0 Å². The fraction of sp³-hybridized carbons (Fsp3) is 0.583. The fourth-order valence-corrected chi connectivity index (χ4v) is 1.57. The number of hydrogen-bond donors (Lipinski definition) is 1. The van der Waals surface area contributed by atoms with Gasteiger partial charge in [-0.2, -0.15) is 4.39 Å². The van der Waals surface area contributed by atoms with Gasteiger partial charge in [-0.3, -0.25) is 0 Å². The Morgan fingerprint density at radius 3 is 2.73 bits per heavy atom. The maximum absolute atomic E-state index is 12.8. The van der Waals surface area contributed by atoms with E-state index < -0.39 is 5.95 Å². The summed E-state index contributed by atoms with van der Waals surface area (Å²) in [5, 5.41) is 3.20. The number of anilines is 1. The first kappa shape index (κ1) is 12.0. The molecule has 0 spiro atoms. The first-order chi connectivity index (χ1) is 7.11. The van der Waals surface area contributed by atoms with Crippen LogP contribution >= 0.6 is 0 Å². The topological polar surface area (TPSA) is 24.9 Å². The molecule has 2 atom stereocenters. The van der Waals surface area contributed by atoms with Crippen LogP contribution in [0.15, 0.2) is 18.2 Å². The summed E-state index contributed by atoms with van der Waals surface area (Å²) in [5.74, 6) is 0.864. The minimum atomic E-state index is -0.435. The van der Waals surface area contributed by atoms with E-state index in [2.05, 4.69) is 31.1 Å².